The van der Waals surface area contributed by atoms with E-state index in [0.29, 0.717) is 33.3 Å². The largest absolute Gasteiger partial charge is 0.470 e. The fraction of sp³-hybridized carbons (Fsp3) is 0.308. The Morgan fingerprint density at radius 1 is 1.09 bits per heavy atom. The van der Waals surface area contributed by atoms with Crippen LogP contribution in [-0.2, 0) is 11.2 Å². The molecule has 1 aliphatic heterocycles. The molecule has 1 aliphatic rings. The van der Waals surface area contributed by atoms with Gasteiger partial charge >= 0.3 is 0 Å². The molecule has 0 radical (unpaired) electrons. The molecule has 33 heavy (non-hydrogen) atoms. The fourth-order valence-corrected chi connectivity index (χ4v) is 3.71. The SMILES string of the molecule is CC.Cc1nc2ccccc2c(C(=O)NC(C)C)c1OCN1C(=O)Cc2ccccc2C1=O. The summed E-state index contributed by atoms with van der Waals surface area (Å²) in [5, 5.41) is 3.53. The van der Waals surface area contributed by atoms with Gasteiger partial charge in [-0.25, -0.2) is 9.88 Å². The second-order valence-electron chi connectivity index (χ2n) is 7.78. The lowest BCUT2D eigenvalue weighted by atomic mass is 9.99. The Hall–Kier alpha value is -3.74. The molecule has 2 aromatic carbocycles. The van der Waals surface area contributed by atoms with Gasteiger partial charge in [0.05, 0.1) is 23.2 Å². The van der Waals surface area contributed by atoms with E-state index in [1.165, 1.54) is 0 Å². The lowest BCUT2D eigenvalue weighted by Crippen LogP contribution is -2.44. The number of benzene rings is 2. The van der Waals surface area contributed by atoms with E-state index in [0.717, 1.165) is 4.90 Å². The van der Waals surface area contributed by atoms with Crippen LogP contribution in [0.1, 0.15) is 59.7 Å². The molecule has 172 valence electrons. The van der Waals surface area contributed by atoms with Gasteiger partial charge in [-0.2, -0.15) is 0 Å². The molecule has 2 heterocycles. The van der Waals surface area contributed by atoms with Crippen molar-refractivity contribution in [3.05, 3.63) is 70.9 Å². The number of carbonyl (C=O) groups is 3. The third-order valence-electron chi connectivity index (χ3n) is 5.14. The number of nitrogens with one attached hydrogen (secondary N) is 1. The van der Waals surface area contributed by atoms with Gasteiger partial charge in [0, 0.05) is 17.0 Å². The van der Waals surface area contributed by atoms with Crippen molar-refractivity contribution < 1.29 is 19.1 Å². The Balaban J connectivity index is 0.00000149. The van der Waals surface area contributed by atoms with Crippen LogP contribution in [0.4, 0.5) is 0 Å². The molecule has 7 nitrogen and oxygen atoms in total. The van der Waals surface area contributed by atoms with E-state index >= 15 is 0 Å². The number of nitrogens with zero attached hydrogens (tertiary/aromatic N) is 2. The van der Waals surface area contributed by atoms with Gasteiger partial charge in [0.2, 0.25) is 5.91 Å². The molecular weight excluding hydrogens is 418 g/mol. The minimum Gasteiger partial charge on any atom is -0.470 e. The van der Waals surface area contributed by atoms with Crippen molar-refractivity contribution in [2.75, 3.05) is 6.73 Å². The summed E-state index contributed by atoms with van der Waals surface area (Å²) < 4.78 is 5.94. The predicted molar refractivity (Wildman–Crippen MR) is 127 cm³/mol. The molecule has 7 heteroatoms. The van der Waals surface area contributed by atoms with Gasteiger partial charge in [-0.3, -0.25) is 14.4 Å². The summed E-state index contributed by atoms with van der Waals surface area (Å²) in [6.07, 6.45) is 0.126. The summed E-state index contributed by atoms with van der Waals surface area (Å²) in [5.41, 5.74) is 2.70. The van der Waals surface area contributed by atoms with Gasteiger partial charge < -0.3 is 10.1 Å². The molecule has 0 saturated heterocycles. The summed E-state index contributed by atoms with van der Waals surface area (Å²) in [6, 6.07) is 14.3. The monoisotopic (exact) mass is 447 g/mol. The van der Waals surface area contributed by atoms with Crippen molar-refractivity contribution in [1.82, 2.24) is 15.2 Å². The number of imide groups is 1. The summed E-state index contributed by atoms with van der Waals surface area (Å²) >= 11 is 0. The molecule has 0 bridgehead atoms. The van der Waals surface area contributed by atoms with E-state index in [-0.39, 0.29) is 36.8 Å². The second kappa shape index (κ2) is 10.3. The van der Waals surface area contributed by atoms with Crippen LogP contribution in [0.5, 0.6) is 5.75 Å². The summed E-state index contributed by atoms with van der Waals surface area (Å²) in [6.45, 7) is 9.19. The average Bonchev–Trinajstić information content (AvgIpc) is 2.79. The summed E-state index contributed by atoms with van der Waals surface area (Å²) in [5.74, 6) is -0.792. The number of fused-ring (bicyclic) bond motifs is 2. The van der Waals surface area contributed by atoms with Gasteiger partial charge in [0.1, 0.15) is 0 Å². The predicted octanol–water partition coefficient (Wildman–Crippen LogP) is 4.27. The molecule has 0 aliphatic carbocycles. The highest BCUT2D eigenvalue weighted by Gasteiger charge is 2.32. The van der Waals surface area contributed by atoms with Crippen molar-refractivity contribution in [3.8, 4) is 5.75 Å². The number of carbonyl (C=O) groups excluding carboxylic acids is 3. The molecule has 0 unspecified atom stereocenters. The van der Waals surface area contributed by atoms with Crippen LogP contribution in [0.2, 0.25) is 0 Å². The highest BCUT2D eigenvalue weighted by atomic mass is 16.5. The first-order valence-electron chi connectivity index (χ1n) is 11.1. The first-order valence-corrected chi connectivity index (χ1v) is 11.1. The van der Waals surface area contributed by atoms with Crippen LogP contribution < -0.4 is 10.1 Å². The first kappa shape index (κ1) is 23.9. The number of rotatable bonds is 5. The van der Waals surface area contributed by atoms with Crippen LogP contribution in [-0.4, -0.2) is 40.4 Å². The molecule has 3 aromatic rings. The Bertz CT molecular complexity index is 1200. The minimum atomic E-state index is -0.411. The zero-order valence-corrected chi connectivity index (χ0v) is 19.6. The van der Waals surface area contributed by atoms with E-state index in [9.17, 15) is 14.4 Å². The molecule has 1 aromatic heterocycles. The van der Waals surface area contributed by atoms with E-state index in [4.69, 9.17) is 4.74 Å². The van der Waals surface area contributed by atoms with Crippen molar-refractivity contribution in [2.45, 2.75) is 47.1 Å². The van der Waals surface area contributed by atoms with Crippen LogP contribution >= 0.6 is 0 Å². The Kier molecular flexibility index (Phi) is 7.43. The number of amides is 3. The topological polar surface area (TPSA) is 88.6 Å². The van der Waals surface area contributed by atoms with Crippen molar-refractivity contribution >= 4 is 28.6 Å². The maximum absolute atomic E-state index is 13.0. The maximum atomic E-state index is 13.0. The number of hydrogen-bond donors (Lipinski definition) is 1. The Morgan fingerprint density at radius 3 is 2.48 bits per heavy atom. The average molecular weight is 448 g/mol. The van der Waals surface area contributed by atoms with Crippen LogP contribution in [0, 0.1) is 6.92 Å². The van der Waals surface area contributed by atoms with E-state index in [2.05, 4.69) is 10.3 Å². The van der Waals surface area contributed by atoms with Crippen LogP contribution in [0.15, 0.2) is 48.5 Å². The highest BCUT2D eigenvalue weighted by molar-refractivity contribution is 6.10. The number of para-hydroxylation sites is 1. The molecule has 0 atom stereocenters. The molecule has 0 saturated carbocycles. The van der Waals surface area contributed by atoms with Gasteiger partial charge in [-0.15, -0.1) is 0 Å². The van der Waals surface area contributed by atoms with E-state index in [1.807, 2.05) is 45.9 Å². The third kappa shape index (κ3) is 4.87. The molecule has 1 N–H and O–H groups in total. The molecule has 0 spiro atoms. The second-order valence-corrected chi connectivity index (χ2v) is 7.78. The van der Waals surface area contributed by atoms with Crippen molar-refractivity contribution in [3.63, 3.8) is 0 Å². The van der Waals surface area contributed by atoms with Crippen molar-refractivity contribution in [2.24, 2.45) is 0 Å². The number of ether oxygens (including phenoxy) is 1. The molecule has 4 rings (SSSR count). The smallest absolute Gasteiger partial charge is 0.263 e. The summed E-state index contributed by atoms with van der Waals surface area (Å²) in [7, 11) is 0. The minimum absolute atomic E-state index is 0.0747. The lowest BCUT2D eigenvalue weighted by Gasteiger charge is -2.27. The molecule has 0 fully saturated rings. The number of aromatic nitrogens is 1. The highest BCUT2D eigenvalue weighted by Crippen LogP contribution is 2.30. The van der Waals surface area contributed by atoms with E-state index in [1.54, 1.807) is 37.3 Å². The normalized spacial score (nSPS) is 12.8. The van der Waals surface area contributed by atoms with Gasteiger partial charge in [-0.1, -0.05) is 50.2 Å². The standard InChI is InChI=1S/C24H23N3O4.C2H6/c1-14(2)25-23(29)21-18-10-6-7-11-19(18)26-15(3)22(21)31-13-27-20(28)12-16-8-4-5-9-17(16)24(27)30;1-2/h4-11,14H,12-13H2,1-3H3,(H,25,29);1-2H3. The number of aryl methyl sites for hydroxylation is 1. The van der Waals surface area contributed by atoms with Crippen LogP contribution in [0.3, 0.4) is 0 Å². The van der Waals surface area contributed by atoms with Gasteiger partial charge in [0.15, 0.2) is 12.5 Å². The number of hydrogen-bond acceptors (Lipinski definition) is 5. The van der Waals surface area contributed by atoms with Crippen molar-refractivity contribution in [1.29, 1.82) is 0 Å². The van der Waals surface area contributed by atoms with Gasteiger partial charge in [0.25, 0.3) is 11.8 Å². The van der Waals surface area contributed by atoms with Crippen LogP contribution in [0.25, 0.3) is 10.9 Å². The first-order chi connectivity index (χ1) is 15.9. The zero-order valence-electron chi connectivity index (χ0n) is 19.6. The maximum Gasteiger partial charge on any atom is 0.263 e. The molecular formula is C26H29N3O4. The molecule has 3 amide bonds. The summed E-state index contributed by atoms with van der Waals surface area (Å²) in [4.78, 5) is 44.1. The number of pyridine rings is 1. The zero-order chi connectivity index (χ0) is 24.1. The Morgan fingerprint density at radius 2 is 1.76 bits per heavy atom. The Labute approximate surface area is 193 Å². The lowest BCUT2D eigenvalue weighted by molar-refractivity contribution is -0.130. The van der Waals surface area contributed by atoms with Gasteiger partial charge in [-0.05, 0) is 38.5 Å². The fourth-order valence-electron chi connectivity index (χ4n) is 3.71. The quantitative estimate of drug-likeness (QED) is 0.590. The van der Waals surface area contributed by atoms with E-state index < -0.39 is 5.91 Å². The third-order valence-corrected chi connectivity index (χ3v) is 5.14.